The van der Waals surface area contributed by atoms with E-state index in [2.05, 4.69) is 29.4 Å². The highest BCUT2D eigenvalue weighted by Crippen LogP contribution is 2.35. The third-order valence-electron chi connectivity index (χ3n) is 4.98. The van der Waals surface area contributed by atoms with Crippen molar-refractivity contribution in [2.45, 2.75) is 18.4 Å². The minimum Gasteiger partial charge on any atom is -0.489 e. The van der Waals surface area contributed by atoms with E-state index in [9.17, 15) is 4.79 Å². The van der Waals surface area contributed by atoms with Crippen molar-refractivity contribution in [1.82, 2.24) is 15.2 Å². The van der Waals surface area contributed by atoms with Gasteiger partial charge in [-0.05, 0) is 17.7 Å². The lowest BCUT2D eigenvalue weighted by Gasteiger charge is -2.50. The monoisotopic (exact) mass is 340 g/mol. The summed E-state index contributed by atoms with van der Waals surface area (Å²) >= 11 is 0. The van der Waals surface area contributed by atoms with Gasteiger partial charge in [-0.25, -0.2) is 4.79 Å². The lowest BCUT2D eigenvalue weighted by molar-refractivity contribution is 0.0322. The number of rotatable bonds is 5. The molecule has 1 aromatic carbocycles. The number of carbonyl (C=O) groups excluding carboxylic acids is 1. The van der Waals surface area contributed by atoms with Gasteiger partial charge in [0.2, 0.25) is 0 Å². The third-order valence-corrected chi connectivity index (χ3v) is 4.98. The molecule has 2 amide bonds. The van der Waals surface area contributed by atoms with Gasteiger partial charge in [-0.1, -0.05) is 37.3 Å². The van der Waals surface area contributed by atoms with E-state index in [4.69, 9.17) is 10.5 Å². The van der Waals surface area contributed by atoms with Gasteiger partial charge in [0.25, 0.3) is 0 Å². The maximum absolute atomic E-state index is 12.2. The van der Waals surface area contributed by atoms with Crippen LogP contribution in [-0.4, -0.2) is 47.7 Å². The molecule has 1 fully saturated rings. The van der Waals surface area contributed by atoms with Crippen LogP contribution in [0, 0.1) is 0 Å². The topological polar surface area (TPSA) is 80.5 Å². The van der Waals surface area contributed by atoms with Gasteiger partial charge in [-0.15, -0.1) is 0 Å². The predicted octanol–water partition coefficient (Wildman–Crippen LogP) is 1.99. The molecule has 0 spiro atoms. The van der Waals surface area contributed by atoms with Crippen molar-refractivity contribution >= 4 is 6.03 Å². The fourth-order valence-corrected chi connectivity index (χ4v) is 3.48. The molecular formula is C19H24N4O2. The first-order valence-electron chi connectivity index (χ1n) is 8.49. The molecule has 1 unspecified atom stereocenters. The maximum Gasteiger partial charge on any atom is 0.315 e. The SMILES string of the molecule is C[C@@H](c1ccccc1)C1(COc2cccnc2)CNCCN1C(N)=O. The quantitative estimate of drug-likeness (QED) is 0.872. The standard InChI is InChI=1S/C19H24N4O2/c1-15(16-6-3-2-4-7-16)19(13-22-10-11-23(19)18(20)24)14-25-17-8-5-9-21-12-17/h2-9,12,15,22H,10-11,13-14H2,1H3,(H2,20,24)/t15-,19?/m0/s1. The summed E-state index contributed by atoms with van der Waals surface area (Å²) in [5.74, 6) is 0.725. The van der Waals surface area contributed by atoms with Gasteiger partial charge in [0.05, 0.1) is 11.7 Å². The number of carbonyl (C=O) groups is 1. The maximum atomic E-state index is 12.2. The number of benzene rings is 1. The van der Waals surface area contributed by atoms with Crippen molar-refractivity contribution < 1.29 is 9.53 Å². The molecule has 132 valence electrons. The number of amides is 2. The van der Waals surface area contributed by atoms with Crippen molar-refractivity contribution in [2.24, 2.45) is 5.73 Å². The van der Waals surface area contributed by atoms with Crippen LogP contribution < -0.4 is 15.8 Å². The van der Waals surface area contributed by atoms with E-state index < -0.39 is 11.6 Å². The molecule has 2 heterocycles. The highest BCUT2D eigenvalue weighted by molar-refractivity contribution is 5.73. The summed E-state index contributed by atoms with van der Waals surface area (Å²) in [6, 6.07) is 13.4. The highest BCUT2D eigenvalue weighted by atomic mass is 16.5. The summed E-state index contributed by atoms with van der Waals surface area (Å²) < 4.78 is 6.02. The van der Waals surface area contributed by atoms with E-state index >= 15 is 0 Å². The minimum absolute atomic E-state index is 0.0469. The van der Waals surface area contributed by atoms with Crippen molar-refractivity contribution in [3.05, 3.63) is 60.4 Å². The summed E-state index contributed by atoms with van der Waals surface area (Å²) in [4.78, 5) is 18.0. The number of hydrogen-bond donors (Lipinski definition) is 2. The lowest BCUT2D eigenvalue weighted by atomic mass is 9.78. The van der Waals surface area contributed by atoms with Crippen LogP contribution >= 0.6 is 0 Å². The number of ether oxygens (including phenoxy) is 1. The van der Waals surface area contributed by atoms with E-state index in [0.29, 0.717) is 25.4 Å². The van der Waals surface area contributed by atoms with E-state index in [1.54, 1.807) is 17.3 Å². The molecule has 0 bridgehead atoms. The zero-order valence-corrected chi connectivity index (χ0v) is 14.4. The number of hydrogen-bond acceptors (Lipinski definition) is 4. The predicted molar refractivity (Wildman–Crippen MR) is 96.5 cm³/mol. The summed E-state index contributed by atoms with van der Waals surface area (Å²) in [7, 11) is 0. The van der Waals surface area contributed by atoms with Gasteiger partial charge in [0, 0.05) is 31.7 Å². The van der Waals surface area contributed by atoms with Crippen LogP contribution in [0.25, 0.3) is 0 Å². The van der Waals surface area contributed by atoms with E-state index in [0.717, 1.165) is 12.1 Å². The van der Waals surface area contributed by atoms with Crippen molar-refractivity contribution in [3.8, 4) is 5.75 Å². The van der Waals surface area contributed by atoms with Crippen LogP contribution in [0.3, 0.4) is 0 Å². The smallest absolute Gasteiger partial charge is 0.315 e. The molecule has 25 heavy (non-hydrogen) atoms. The van der Waals surface area contributed by atoms with Crippen molar-refractivity contribution in [2.75, 3.05) is 26.2 Å². The Balaban J connectivity index is 1.93. The molecule has 3 N–H and O–H groups in total. The number of urea groups is 1. The van der Waals surface area contributed by atoms with Gasteiger partial charge in [-0.2, -0.15) is 0 Å². The number of nitrogens with one attached hydrogen (secondary N) is 1. The molecule has 0 aliphatic carbocycles. The summed E-state index contributed by atoms with van der Waals surface area (Å²) in [6.07, 6.45) is 3.37. The van der Waals surface area contributed by atoms with Gasteiger partial charge in [0.1, 0.15) is 12.4 Å². The van der Waals surface area contributed by atoms with Crippen LogP contribution in [0.5, 0.6) is 5.75 Å². The molecule has 1 aromatic heterocycles. The molecule has 2 atom stereocenters. The van der Waals surface area contributed by atoms with Crippen LogP contribution in [0.2, 0.25) is 0 Å². The fourth-order valence-electron chi connectivity index (χ4n) is 3.48. The normalized spacial score (nSPS) is 21.6. The Labute approximate surface area is 148 Å². The van der Waals surface area contributed by atoms with Crippen molar-refractivity contribution in [1.29, 1.82) is 0 Å². The number of primary amides is 1. The number of aromatic nitrogens is 1. The minimum atomic E-state index is -0.568. The molecule has 6 heteroatoms. The molecule has 2 aromatic rings. The molecule has 1 aliphatic heterocycles. The Morgan fingerprint density at radius 3 is 2.84 bits per heavy atom. The van der Waals surface area contributed by atoms with E-state index in [-0.39, 0.29) is 5.92 Å². The number of piperazine rings is 1. The second-order valence-electron chi connectivity index (χ2n) is 6.38. The zero-order chi connectivity index (χ0) is 17.7. The first-order chi connectivity index (χ1) is 12.1. The Kier molecular flexibility index (Phi) is 5.19. The van der Waals surface area contributed by atoms with Gasteiger partial charge in [0.15, 0.2) is 0 Å². The molecular weight excluding hydrogens is 316 g/mol. The van der Waals surface area contributed by atoms with Gasteiger partial charge >= 0.3 is 6.03 Å². The molecule has 1 saturated heterocycles. The first-order valence-corrected chi connectivity index (χ1v) is 8.49. The Morgan fingerprint density at radius 2 is 2.16 bits per heavy atom. The molecule has 6 nitrogen and oxygen atoms in total. The average Bonchev–Trinajstić information content (AvgIpc) is 2.67. The molecule has 0 radical (unpaired) electrons. The number of nitrogens with two attached hydrogens (primary N) is 1. The third kappa shape index (κ3) is 3.58. The highest BCUT2D eigenvalue weighted by Gasteiger charge is 2.46. The van der Waals surface area contributed by atoms with Crippen LogP contribution in [-0.2, 0) is 0 Å². The Bertz CT molecular complexity index is 695. The summed E-state index contributed by atoms with van der Waals surface area (Å²) in [5.41, 5.74) is 6.30. The molecule has 0 saturated carbocycles. The Morgan fingerprint density at radius 1 is 1.36 bits per heavy atom. The first kappa shape index (κ1) is 17.2. The largest absolute Gasteiger partial charge is 0.489 e. The molecule has 3 rings (SSSR count). The second-order valence-corrected chi connectivity index (χ2v) is 6.38. The fraction of sp³-hybridized carbons (Fsp3) is 0.368. The molecule has 1 aliphatic rings. The van der Waals surface area contributed by atoms with Crippen LogP contribution in [0.15, 0.2) is 54.9 Å². The van der Waals surface area contributed by atoms with Gasteiger partial charge < -0.3 is 20.7 Å². The second kappa shape index (κ2) is 7.53. The number of nitrogens with zero attached hydrogens (tertiary/aromatic N) is 2. The summed E-state index contributed by atoms with van der Waals surface area (Å²) in [5, 5.41) is 3.40. The van der Waals surface area contributed by atoms with Crippen LogP contribution in [0.1, 0.15) is 18.4 Å². The van der Waals surface area contributed by atoms with E-state index in [1.807, 2.05) is 30.3 Å². The van der Waals surface area contributed by atoms with Crippen molar-refractivity contribution in [3.63, 3.8) is 0 Å². The zero-order valence-electron chi connectivity index (χ0n) is 14.4. The van der Waals surface area contributed by atoms with Crippen LogP contribution in [0.4, 0.5) is 4.79 Å². The van der Waals surface area contributed by atoms with Gasteiger partial charge in [-0.3, -0.25) is 4.98 Å². The Hall–Kier alpha value is -2.60. The summed E-state index contributed by atoms with van der Waals surface area (Å²) in [6.45, 7) is 4.35. The van der Waals surface area contributed by atoms with E-state index in [1.165, 1.54) is 0 Å². The number of pyridine rings is 1. The average molecular weight is 340 g/mol. The lowest BCUT2D eigenvalue weighted by Crippen LogP contribution is -2.68.